The molecule has 1 N–H and O–H groups in total. The fraction of sp³-hybridized carbons (Fsp3) is 1.00. The van der Waals surface area contributed by atoms with Crippen LogP contribution in [0.25, 0.3) is 0 Å². The van der Waals surface area contributed by atoms with Crippen molar-refractivity contribution in [2.75, 3.05) is 20.6 Å². The van der Waals surface area contributed by atoms with Gasteiger partial charge in [-0.1, -0.05) is 52.0 Å². The van der Waals surface area contributed by atoms with Crippen molar-refractivity contribution in [3.8, 4) is 0 Å². The molecule has 0 aromatic rings. The zero-order valence-corrected chi connectivity index (χ0v) is 7.52. The highest BCUT2D eigenvalue weighted by Gasteiger charge is 2.10. The van der Waals surface area contributed by atoms with E-state index >= 15 is 0 Å². The summed E-state index contributed by atoms with van der Waals surface area (Å²) < 4.78 is 0. The average molecular weight is 258 g/mol. The maximum Gasteiger partial charge on any atom is 0.0592 e. The summed E-state index contributed by atoms with van der Waals surface area (Å²) >= 11 is 0. The first-order chi connectivity index (χ1) is 4.42. The Morgan fingerprint density at radius 3 is 1.29 bits per heavy atom. The van der Waals surface area contributed by atoms with E-state index in [1.807, 2.05) is 27.9 Å². The summed E-state index contributed by atoms with van der Waals surface area (Å²) in [6, 6.07) is 0. The molecule has 0 fully saturated rings. The minimum Gasteiger partial charge on any atom is -0.390 e. The van der Waals surface area contributed by atoms with Gasteiger partial charge in [0.25, 0.3) is 0 Å². The van der Waals surface area contributed by atoms with Crippen LogP contribution in [0.4, 0.5) is 0 Å². The van der Waals surface area contributed by atoms with Gasteiger partial charge in [-0.05, 0) is 47.3 Å². The Hall–Kier alpha value is -0.0800. The number of aliphatic hydroxyl groups is 1. The number of rotatable bonds is 4. The molecule has 0 aliphatic carbocycles. The van der Waals surface area contributed by atoms with Gasteiger partial charge in [0.05, 0.1) is 5.60 Å². The Morgan fingerprint density at radius 2 is 1.12 bits per heavy atom. The fourth-order valence-electron chi connectivity index (χ4n) is 0.828. The first-order valence-electron chi connectivity index (χ1n) is 3.79. The van der Waals surface area contributed by atoms with Gasteiger partial charge < -0.3 is 10.0 Å². The van der Waals surface area contributed by atoms with Crippen molar-refractivity contribution in [2.24, 2.45) is 0 Å². The monoisotopic (exact) mass is 257 g/mol. The van der Waals surface area contributed by atoms with Crippen molar-refractivity contribution in [1.82, 2.24) is 4.90 Å². The van der Waals surface area contributed by atoms with Gasteiger partial charge in [-0.3, -0.25) is 0 Å². The molecule has 17 heavy (non-hydrogen) atoms. The molecule has 2 heteroatoms. The Balaban J connectivity index is -0.0000000193. The van der Waals surface area contributed by atoms with E-state index in [1.54, 1.807) is 0 Å². The van der Waals surface area contributed by atoms with Crippen molar-refractivity contribution >= 4 is 0 Å². The van der Waals surface area contributed by atoms with Crippen LogP contribution >= 0.6 is 0 Å². The lowest BCUT2D eigenvalue weighted by molar-refractivity contribution is 0.0667. The van der Waals surface area contributed by atoms with Crippen LogP contribution in [-0.4, -0.2) is 36.2 Å². The molecule has 0 atom stereocenters. The molecule has 0 heterocycles. The third-order valence-corrected chi connectivity index (χ3v) is 1.39. The van der Waals surface area contributed by atoms with Gasteiger partial charge in [-0.15, -0.1) is 0 Å². The zero-order valence-electron chi connectivity index (χ0n) is 7.52. The third-order valence-electron chi connectivity index (χ3n) is 1.39. The SMILES string of the molecule is C.C.C.C.C.C.C.CN(C)CCCC(C)(C)O. The molecular weight excluding hydrogens is 210 g/mol. The summed E-state index contributed by atoms with van der Waals surface area (Å²) in [5.74, 6) is 0. The number of hydrogen-bond donors (Lipinski definition) is 1. The molecule has 0 saturated carbocycles. The van der Waals surface area contributed by atoms with Crippen molar-refractivity contribution < 1.29 is 5.11 Å². The molecule has 0 rings (SSSR count). The highest BCUT2D eigenvalue weighted by Crippen LogP contribution is 2.09. The second kappa shape index (κ2) is 24.9. The lowest BCUT2D eigenvalue weighted by Crippen LogP contribution is -2.21. The normalized spacial score (nSPS) is 7.41. The Labute approximate surface area is 115 Å². The lowest BCUT2D eigenvalue weighted by Gasteiger charge is -2.18. The highest BCUT2D eigenvalue weighted by molar-refractivity contribution is 4.64. The summed E-state index contributed by atoms with van der Waals surface area (Å²) in [5.41, 5.74) is -0.490. The summed E-state index contributed by atoms with van der Waals surface area (Å²) in [4.78, 5) is 2.13. The molecular formula is C15H47NO. The minimum absolute atomic E-state index is 0. The minimum atomic E-state index is -0.490. The van der Waals surface area contributed by atoms with E-state index in [2.05, 4.69) is 4.90 Å². The van der Waals surface area contributed by atoms with Crippen LogP contribution in [-0.2, 0) is 0 Å². The second-order valence-corrected chi connectivity index (χ2v) is 3.72. The molecule has 0 aromatic carbocycles. The number of nitrogens with zero attached hydrogens (tertiary/aromatic N) is 1. The van der Waals surface area contributed by atoms with E-state index in [4.69, 9.17) is 0 Å². The summed E-state index contributed by atoms with van der Waals surface area (Å²) in [6.45, 7) is 4.76. The highest BCUT2D eigenvalue weighted by atomic mass is 16.3. The van der Waals surface area contributed by atoms with Crippen LogP contribution in [0, 0.1) is 0 Å². The van der Waals surface area contributed by atoms with Gasteiger partial charge in [-0.25, -0.2) is 0 Å². The van der Waals surface area contributed by atoms with Crippen molar-refractivity contribution in [1.29, 1.82) is 0 Å². The van der Waals surface area contributed by atoms with E-state index in [0.717, 1.165) is 19.4 Å². The predicted molar refractivity (Wildman–Crippen MR) is 91.2 cm³/mol. The van der Waals surface area contributed by atoms with Crippen LogP contribution in [0.3, 0.4) is 0 Å². The molecule has 0 amide bonds. The fourth-order valence-corrected chi connectivity index (χ4v) is 0.828. The molecule has 0 radical (unpaired) electrons. The largest absolute Gasteiger partial charge is 0.390 e. The molecule has 0 spiro atoms. The quantitative estimate of drug-likeness (QED) is 0.713. The lowest BCUT2D eigenvalue weighted by atomic mass is 10.0. The number of hydrogen-bond acceptors (Lipinski definition) is 2. The van der Waals surface area contributed by atoms with Gasteiger partial charge in [0.1, 0.15) is 0 Å². The summed E-state index contributed by atoms with van der Waals surface area (Å²) in [7, 11) is 4.09. The molecule has 118 valence electrons. The van der Waals surface area contributed by atoms with Crippen LogP contribution in [0.1, 0.15) is 78.7 Å². The van der Waals surface area contributed by atoms with Crippen molar-refractivity contribution in [3.05, 3.63) is 0 Å². The Bertz CT molecular complexity index is 85.4. The van der Waals surface area contributed by atoms with Gasteiger partial charge in [-0.2, -0.15) is 0 Å². The Kier molecular flexibility index (Phi) is 79.1. The summed E-state index contributed by atoms with van der Waals surface area (Å²) in [6.07, 6.45) is 1.95. The van der Waals surface area contributed by atoms with Crippen LogP contribution < -0.4 is 0 Å². The first-order valence-corrected chi connectivity index (χ1v) is 3.79. The van der Waals surface area contributed by atoms with E-state index < -0.39 is 5.60 Å². The van der Waals surface area contributed by atoms with Gasteiger partial charge in [0, 0.05) is 0 Å². The van der Waals surface area contributed by atoms with Crippen LogP contribution in [0.2, 0.25) is 0 Å². The maximum atomic E-state index is 9.31. The molecule has 0 saturated heterocycles. The molecule has 0 bridgehead atoms. The topological polar surface area (TPSA) is 23.5 Å². The van der Waals surface area contributed by atoms with Crippen molar-refractivity contribution in [3.63, 3.8) is 0 Å². The van der Waals surface area contributed by atoms with E-state index in [0.29, 0.717) is 0 Å². The molecule has 0 aliphatic heterocycles. The third kappa shape index (κ3) is 64.4. The van der Waals surface area contributed by atoms with Crippen molar-refractivity contribution in [2.45, 2.75) is 84.3 Å². The van der Waals surface area contributed by atoms with Gasteiger partial charge in [0.15, 0.2) is 0 Å². The van der Waals surface area contributed by atoms with Crippen LogP contribution in [0.15, 0.2) is 0 Å². The van der Waals surface area contributed by atoms with E-state index in [9.17, 15) is 5.11 Å². The standard InChI is InChI=1S/C8H19NO.7CH4/c1-8(2,10)6-5-7-9(3)4;;;;;;;/h10H,5-7H2,1-4H3;7*1H4. The molecule has 0 aliphatic rings. The van der Waals surface area contributed by atoms with Gasteiger partial charge in [0.2, 0.25) is 0 Å². The average Bonchev–Trinajstić information content (AvgIpc) is 1.59. The summed E-state index contributed by atoms with van der Waals surface area (Å²) in [5, 5.41) is 9.31. The smallest absolute Gasteiger partial charge is 0.0592 e. The maximum absolute atomic E-state index is 9.31. The van der Waals surface area contributed by atoms with E-state index in [1.165, 1.54) is 0 Å². The Morgan fingerprint density at radius 1 is 0.824 bits per heavy atom. The molecule has 2 nitrogen and oxygen atoms in total. The van der Waals surface area contributed by atoms with E-state index in [-0.39, 0.29) is 52.0 Å². The first kappa shape index (κ1) is 53.9. The van der Waals surface area contributed by atoms with Crippen LogP contribution in [0.5, 0.6) is 0 Å². The molecule has 0 aromatic heterocycles. The van der Waals surface area contributed by atoms with Gasteiger partial charge >= 0.3 is 0 Å². The molecule has 0 unspecified atom stereocenters. The zero-order chi connectivity index (χ0) is 8.20. The second-order valence-electron chi connectivity index (χ2n) is 3.72. The predicted octanol–water partition coefficient (Wildman–Crippen LogP) is 5.55.